The maximum Gasteiger partial charge on any atom is 0.150 e. The molecule has 128 valence electrons. The molecule has 0 spiro atoms. The van der Waals surface area contributed by atoms with Gasteiger partial charge in [0.1, 0.15) is 5.82 Å². The molecule has 4 rings (SSSR count). The molecule has 1 aromatic rings. The van der Waals surface area contributed by atoms with Crippen LogP contribution in [0.2, 0.25) is 0 Å². The van der Waals surface area contributed by atoms with E-state index < -0.39 is 9.84 Å². The van der Waals surface area contributed by atoms with Crippen LogP contribution in [0.1, 0.15) is 49.5 Å². The van der Waals surface area contributed by atoms with Crippen LogP contribution >= 0.6 is 0 Å². The summed E-state index contributed by atoms with van der Waals surface area (Å²) in [5.41, 5.74) is 1.41. The zero-order chi connectivity index (χ0) is 15.9. The van der Waals surface area contributed by atoms with E-state index in [2.05, 4.69) is 15.7 Å². The fourth-order valence-corrected chi connectivity index (χ4v) is 6.45. The van der Waals surface area contributed by atoms with E-state index in [1.54, 1.807) is 0 Å². The first-order chi connectivity index (χ1) is 11.1. The second-order valence-electron chi connectivity index (χ2n) is 7.58. The number of hydrogen-bond acceptors (Lipinski definition) is 4. The zero-order valence-corrected chi connectivity index (χ0v) is 14.6. The van der Waals surface area contributed by atoms with Crippen LogP contribution in [-0.4, -0.2) is 54.0 Å². The number of piperidine rings is 1. The third-order valence-electron chi connectivity index (χ3n) is 5.75. The second kappa shape index (κ2) is 6.20. The third kappa shape index (κ3) is 3.33. The first kappa shape index (κ1) is 15.6. The van der Waals surface area contributed by atoms with E-state index in [-0.39, 0.29) is 0 Å². The molecule has 3 aliphatic rings. The predicted molar refractivity (Wildman–Crippen MR) is 90.3 cm³/mol. The minimum atomic E-state index is -2.76. The van der Waals surface area contributed by atoms with Crippen molar-refractivity contribution in [1.29, 1.82) is 0 Å². The lowest BCUT2D eigenvalue weighted by Crippen LogP contribution is -2.39. The van der Waals surface area contributed by atoms with E-state index in [4.69, 9.17) is 4.98 Å². The van der Waals surface area contributed by atoms with E-state index >= 15 is 0 Å². The molecule has 2 saturated heterocycles. The van der Waals surface area contributed by atoms with Crippen LogP contribution in [0.5, 0.6) is 0 Å². The molecule has 5 nitrogen and oxygen atoms in total. The monoisotopic (exact) mass is 337 g/mol. The Kier molecular flexibility index (Phi) is 4.22. The van der Waals surface area contributed by atoms with Gasteiger partial charge in [0.2, 0.25) is 0 Å². The Bertz CT molecular complexity index is 667. The van der Waals surface area contributed by atoms with Crippen molar-refractivity contribution in [2.45, 2.75) is 51.0 Å². The lowest BCUT2D eigenvalue weighted by Gasteiger charge is -2.34. The van der Waals surface area contributed by atoms with E-state index in [0.29, 0.717) is 23.3 Å². The Morgan fingerprint density at radius 3 is 2.91 bits per heavy atom. The van der Waals surface area contributed by atoms with Gasteiger partial charge in [-0.05, 0) is 51.0 Å². The molecule has 3 aliphatic heterocycles. The molecule has 6 heteroatoms. The molecule has 0 aliphatic carbocycles. The van der Waals surface area contributed by atoms with Gasteiger partial charge in [-0.3, -0.25) is 0 Å². The van der Waals surface area contributed by atoms with Crippen molar-refractivity contribution in [3.05, 3.63) is 17.7 Å². The molecule has 0 aromatic carbocycles. The summed E-state index contributed by atoms with van der Waals surface area (Å²) in [7, 11) is -2.76. The molecule has 2 fully saturated rings. The Labute approximate surface area is 139 Å². The minimum Gasteiger partial charge on any atom is -0.332 e. The predicted octanol–water partition coefficient (Wildman–Crippen LogP) is 1.83. The summed E-state index contributed by atoms with van der Waals surface area (Å²) in [5.74, 6) is 2.93. The molecular formula is C17H27N3O2S. The van der Waals surface area contributed by atoms with Gasteiger partial charge in [-0.2, -0.15) is 0 Å². The van der Waals surface area contributed by atoms with Crippen LogP contribution in [0.4, 0.5) is 0 Å². The number of likely N-dealkylation sites (tertiary alicyclic amines) is 1. The largest absolute Gasteiger partial charge is 0.332 e. The van der Waals surface area contributed by atoms with E-state index in [1.807, 2.05) is 0 Å². The number of sulfone groups is 1. The molecule has 1 aromatic heterocycles. The summed E-state index contributed by atoms with van der Waals surface area (Å²) in [6.07, 6.45) is 9.08. The highest BCUT2D eigenvalue weighted by Gasteiger charge is 2.32. The lowest BCUT2D eigenvalue weighted by molar-refractivity contribution is 0.179. The summed E-state index contributed by atoms with van der Waals surface area (Å²) < 4.78 is 25.8. The Morgan fingerprint density at radius 2 is 2.09 bits per heavy atom. The molecule has 0 amide bonds. The van der Waals surface area contributed by atoms with Gasteiger partial charge in [0.15, 0.2) is 9.84 Å². The van der Waals surface area contributed by atoms with Crippen LogP contribution in [0.3, 0.4) is 0 Å². The van der Waals surface area contributed by atoms with Gasteiger partial charge in [-0.15, -0.1) is 0 Å². The molecular weight excluding hydrogens is 310 g/mol. The SMILES string of the molecule is O=S1(=O)CCC(CN2CCCC(c3ncc4n3CCCC4)C2)C1. The van der Waals surface area contributed by atoms with E-state index in [0.717, 1.165) is 32.6 Å². The van der Waals surface area contributed by atoms with Gasteiger partial charge in [0, 0.05) is 37.4 Å². The maximum atomic E-state index is 11.7. The van der Waals surface area contributed by atoms with Gasteiger partial charge in [-0.25, -0.2) is 13.4 Å². The van der Waals surface area contributed by atoms with E-state index in [9.17, 15) is 8.42 Å². The maximum absolute atomic E-state index is 11.7. The molecule has 2 unspecified atom stereocenters. The molecule has 0 bridgehead atoms. The number of aryl methyl sites for hydroxylation is 1. The molecule has 2 atom stereocenters. The third-order valence-corrected chi connectivity index (χ3v) is 7.58. The smallest absolute Gasteiger partial charge is 0.150 e. The number of nitrogens with zero attached hydrogens (tertiary/aromatic N) is 3. The van der Waals surface area contributed by atoms with Crippen molar-refractivity contribution >= 4 is 9.84 Å². The van der Waals surface area contributed by atoms with Gasteiger partial charge < -0.3 is 9.47 Å². The summed E-state index contributed by atoms with van der Waals surface area (Å²) in [5, 5.41) is 0. The lowest BCUT2D eigenvalue weighted by atomic mass is 9.95. The van der Waals surface area contributed by atoms with Crippen LogP contribution in [0.15, 0.2) is 6.20 Å². The number of aromatic nitrogens is 2. The van der Waals surface area contributed by atoms with Gasteiger partial charge in [-0.1, -0.05) is 0 Å². The van der Waals surface area contributed by atoms with Crippen molar-refractivity contribution in [3.63, 3.8) is 0 Å². The summed E-state index contributed by atoms with van der Waals surface area (Å²) >= 11 is 0. The number of rotatable bonds is 3. The fourth-order valence-electron chi connectivity index (χ4n) is 4.60. The second-order valence-corrected chi connectivity index (χ2v) is 9.81. The number of imidazole rings is 1. The van der Waals surface area contributed by atoms with Crippen molar-refractivity contribution in [2.75, 3.05) is 31.1 Å². The normalized spacial score (nSPS) is 31.1. The number of fused-ring (bicyclic) bond motifs is 1. The van der Waals surface area contributed by atoms with Crippen molar-refractivity contribution < 1.29 is 8.42 Å². The Balaban J connectivity index is 1.42. The quantitative estimate of drug-likeness (QED) is 0.844. The molecule has 0 N–H and O–H groups in total. The molecule has 0 saturated carbocycles. The highest BCUT2D eigenvalue weighted by molar-refractivity contribution is 7.91. The van der Waals surface area contributed by atoms with Crippen LogP contribution in [0.25, 0.3) is 0 Å². The molecule has 23 heavy (non-hydrogen) atoms. The zero-order valence-electron chi connectivity index (χ0n) is 13.8. The topological polar surface area (TPSA) is 55.2 Å². The van der Waals surface area contributed by atoms with Crippen molar-refractivity contribution in [3.8, 4) is 0 Å². The summed E-state index contributed by atoms with van der Waals surface area (Å²) in [4.78, 5) is 7.24. The van der Waals surface area contributed by atoms with Crippen molar-refractivity contribution in [2.24, 2.45) is 5.92 Å². The standard InChI is InChI=1S/C17H27N3O2S/c21-23(22)9-6-14(13-23)11-19-7-3-4-15(12-19)17-18-10-16-5-1-2-8-20(16)17/h10,14-15H,1-9,11-13H2. The fraction of sp³-hybridized carbons (Fsp3) is 0.824. The first-order valence-electron chi connectivity index (χ1n) is 9.08. The van der Waals surface area contributed by atoms with Crippen LogP contribution in [-0.2, 0) is 22.8 Å². The van der Waals surface area contributed by atoms with Crippen LogP contribution in [0, 0.1) is 5.92 Å². The summed E-state index contributed by atoms with van der Waals surface area (Å²) in [6, 6.07) is 0. The van der Waals surface area contributed by atoms with Gasteiger partial charge >= 0.3 is 0 Å². The highest BCUT2D eigenvalue weighted by atomic mass is 32.2. The van der Waals surface area contributed by atoms with E-state index in [1.165, 1.54) is 43.6 Å². The Morgan fingerprint density at radius 1 is 1.17 bits per heavy atom. The minimum absolute atomic E-state index is 0.341. The average molecular weight is 337 g/mol. The van der Waals surface area contributed by atoms with Gasteiger partial charge in [0.05, 0.1) is 11.5 Å². The molecule has 4 heterocycles. The molecule has 0 radical (unpaired) electrons. The first-order valence-corrected chi connectivity index (χ1v) is 10.9. The highest BCUT2D eigenvalue weighted by Crippen LogP contribution is 2.30. The average Bonchev–Trinajstić information content (AvgIpc) is 3.11. The van der Waals surface area contributed by atoms with Crippen molar-refractivity contribution in [1.82, 2.24) is 14.5 Å². The number of hydrogen-bond donors (Lipinski definition) is 0. The van der Waals surface area contributed by atoms with Gasteiger partial charge in [0.25, 0.3) is 0 Å². The Hall–Kier alpha value is -0.880. The summed E-state index contributed by atoms with van der Waals surface area (Å²) in [6.45, 7) is 4.24. The van der Waals surface area contributed by atoms with Crippen LogP contribution < -0.4 is 0 Å².